The molecule has 0 nitrogen and oxygen atoms in total. The normalized spacial score (nSPS) is 22.3. The summed E-state index contributed by atoms with van der Waals surface area (Å²) in [5.74, 6) is 2.36. The first kappa shape index (κ1) is 8.58. The van der Waals surface area contributed by atoms with Crippen molar-refractivity contribution in [2.24, 2.45) is 17.8 Å². The third kappa shape index (κ3) is 2.53. The van der Waals surface area contributed by atoms with E-state index in [0.29, 0.717) is 5.92 Å². The molecule has 0 heteroatoms. The Morgan fingerprint density at radius 1 is 1.36 bits per heavy atom. The van der Waals surface area contributed by atoms with Gasteiger partial charge in [0.25, 0.3) is 0 Å². The lowest BCUT2D eigenvalue weighted by molar-refractivity contribution is 0.463. The molecular formula is C11H18. The van der Waals surface area contributed by atoms with Gasteiger partial charge in [0.05, 0.1) is 0 Å². The maximum Gasteiger partial charge on any atom is -0.0202 e. The van der Waals surface area contributed by atoms with E-state index in [1.807, 2.05) is 6.08 Å². The van der Waals surface area contributed by atoms with Crippen LogP contribution in [0.4, 0.5) is 0 Å². The summed E-state index contributed by atoms with van der Waals surface area (Å²) in [5, 5.41) is 0. The molecule has 1 aliphatic carbocycles. The van der Waals surface area contributed by atoms with Crippen molar-refractivity contribution in [3.63, 3.8) is 0 Å². The van der Waals surface area contributed by atoms with Crippen LogP contribution in [-0.4, -0.2) is 0 Å². The van der Waals surface area contributed by atoms with Crippen molar-refractivity contribution >= 4 is 0 Å². The maximum absolute atomic E-state index is 3.88. The molecule has 2 unspecified atom stereocenters. The van der Waals surface area contributed by atoms with Gasteiger partial charge in [-0.25, -0.2) is 0 Å². The van der Waals surface area contributed by atoms with Gasteiger partial charge in [-0.05, 0) is 37.0 Å². The Balaban J connectivity index is 2.30. The van der Waals surface area contributed by atoms with Crippen LogP contribution in [0.2, 0.25) is 0 Å². The molecule has 62 valence electrons. The molecule has 0 saturated heterocycles. The van der Waals surface area contributed by atoms with Crippen LogP contribution >= 0.6 is 0 Å². The summed E-state index contributed by atoms with van der Waals surface area (Å²) >= 11 is 0. The van der Waals surface area contributed by atoms with Crippen LogP contribution in [0, 0.1) is 17.8 Å². The Morgan fingerprint density at radius 2 is 2.00 bits per heavy atom. The van der Waals surface area contributed by atoms with E-state index in [-0.39, 0.29) is 0 Å². The molecule has 0 spiro atoms. The van der Waals surface area contributed by atoms with Crippen LogP contribution in [0.3, 0.4) is 0 Å². The van der Waals surface area contributed by atoms with Gasteiger partial charge >= 0.3 is 0 Å². The van der Waals surface area contributed by atoms with Crippen LogP contribution in [-0.2, 0) is 0 Å². The van der Waals surface area contributed by atoms with E-state index < -0.39 is 0 Å². The van der Waals surface area contributed by atoms with Crippen molar-refractivity contribution in [3.8, 4) is 0 Å². The van der Waals surface area contributed by atoms with Crippen molar-refractivity contribution in [1.82, 2.24) is 0 Å². The first-order valence-electron chi connectivity index (χ1n) is 4.53. The molecule has 0 aromatic carbocycles. The summed E-state index contributed by atoms with van der Waals surface area (Å²) in [6.07, 6.45) is 8.25. The fourth-order valence-electron chi connectivity index (χ4n) is 1.53. The van der Waals surface area contributed by atoms with Gasteiger partial charge in [0, 0.05) is 0 Å². The third-order valence-corrected chi connectivity index (χ3v) is 2.58. The summed E-state index contributed by atoms with van der Waals surface area (Å²) in [6.45, 7) is 9.90. The summed E-state index contributed by atoms with van der Waals surface area (Å²) < 4.78 is 0. The van der Waals surface area contributed by atoms with Gasteiger partial charge in [-0.15, -0.1) is 13.2 Å². The zero-order chi connectivity index (χ0) is 8.27. The smallest absolute Gasteiger partial charge is 0.0202 e. The number of allylic oxidation sites excluding steroid dienone is 2. The van der Waals surface area contributed by atoms with Gasteiger partial charge in [0.15, 0.2) is 0 Å². The van der Waals surface area contributed by atoms with E-state index in [4.69, 9.17) is 0 Å². The molecule has 0 radical (unpaired) electrons. The zero-order valence-electron chi connectivity index (χ0n) is 7.42. The largest absolute Gasteiger partial charge is 0.103 e. The van der Waals surface area contributed by atoms with Crippen LogP contribution < -0.4 is 0 Å². The summed E-state index contributed by atoms with van der Waals surface area (Å²) in [7, 11) is 0. The SMILES string of the molecule is C=CC(C)CC(C=C)C1CC1. The maximum atomic E-state index is 3.88. The second kappa shape index (κ2) is 3.75. The van der Waals surface area contributed by atoms with E-state index in [1.165, 1.54) is 19.3 Å². The fourth-order valence-corrected chi connectivity index (χ4v) is 1.53. The molecule has 2 atom stereocenters. The summed E-state index contributed by atoms with van der Waals surface area (Å²) in [4.78, 5) is 0. The van der Waals surface area contributed by atoms with E-state index in [0.717, 1.165) is 11.8 Å². The monoisotopic (exact) mass is 150 g/mol. The van der Waals surface area contributed by atoms with E-state index >= 15 is 0 Å². The molecule has 0 amide bonds. The molecule has 0 N–H and O–H groups in total. The van der Waals surface area contributed by atoms with E-state index in [9.17, 15) is 0 Å². The lowest BCUT2D eigenvalue weighted by atomic mass is 9.92. The molecule has 1 fully saturated rings. The molecule has 0 heterocycles. The molecule has 0 aromatic rings. The molecule has 1 aliphatic rings. The van der Waals surface area contributed by atoms with Gasteiger partial charge in [0.1, 0.15) is 0 Å². The third-order valence-electron chi connectivity index (χ3n) is 2.58. The van der Waals surface area contributed by atoms with Crippen molar-refractivity contribution in [2.75, 3.05) is 0 Å². The number of rotatable bonds is 5. The highest BCUT2D eigenvalue weighted by Crippen LogP contribution is 2.40. The Kier molecular flexibility index (Phi) is 2.92. The first-order chi connectivity index (χ1) is 5.27. The van der Waals surface area contributed by atoms with Gasteiger partial charge in [-0.1, -0.05) is 19.1 Å². The topological polar surface area (TPSA) is 0 Å². The molecule has 0 aromatic heterocycles. The lowest BCUT2D eigenvalue weighted by Gasteiger charge is -2.13. The van der Waals surface area contributed by atoms with Gasteiger partial charge in [-0.2, -0.15) is 0 Å². The van der Waals surface area contributed by atoms with Crippen LogP contribution in [0.5, 0.6) is 0 Å². The predicted molar refractivity (Wildman–Crippen MR) is 50.4 cm³/mol. The van der Waals surface area contributed by atoms with Gasteiger partial charge in [-0.3, -0.25) is 0 Å². The first-order valence-corrected chi connectivity index (χ1v) is 4.53. The van der Waals surface area contributed by atoms with Gasteiger partial charge < -0.3 is 0 Å². The van der Waals surface area contributed by atoms with E-state index in [1.54, 1.807) is 0 Å². The molecule has 0 bridgehead atoms. The van der Waals surface area contributed by atoms with Crippen molar-refractivity contribution in [3.05, 3.63) is 25.3 Å². The number of hydrogen-bond donors (Lipinski definition) is 0. The predicted octanol–water partition coefficient (Wildman–Crippen LogP) is 3.41. The lowest BCUT2D eigenvalue weighted by Crippen LogP contribution is -2.03. The Morgan fingerprint density at radius 3 is 2.36 bits per heavy atom. The highest BCUT2D eigenvalue weighted by Gasteiger charge is 2.29. The van der Waals surface area contributed by atoms with Crippen LogP contribution in [0.25, 0.3) is 0 Å². The molecule has 0 aliphatic heterocycles. The minimum Gasteiger partial charge on any atom is -0.103 e. The summed E-state index contributed by atoms with van der Waals surface area (Å²) in [6, 6.07) is 0. The highest BCUT2D eigenvalue weighted by atomic mass is 14.3. The zero-order valence-corrected chi connectivity index (χ0v) is 7.42. The Bertz CT molecular complexity index is 142. The standard InChI is InChI=1S/C11H18/c1-4-9(3)8-10(5-2)11-6-7-11/h4-5,9-11H,1-2,6-8H2,3H3. The second-order valence-electron chi connectivity index (χ2n) is 3.69. The second-order valence-corrected chi connectivity index (χ2v) is 3.69. The Labute approximate surface area is 70.0 Å². The van der Waals surface area contributed by atoms with Crippen molar-refractivity contribution < 1.29 is 0 Å². The summed E-state index contributed by atoms with van der Waals surface area (Å²) in [5.41, 5.74) is 0. The minimum atomic E-state index is 0.651. The molecule has 11 heavy (non-hydrogen) atoms. The van der Waals surface area contributed by atoms with Crippen molar-refractivity contribution in [2.45, 2.75) is 26.2 Å². The van der Waals surface area contributed by atoms with Crippen LogP contribution in [0.15, 0.2) is 25.3 Å². The van der Waals surface area contributed by atoms with Gasteiger partial charge in [0.2, 0.25) is 0 Å². The minimum absolute atomic E-state index is 0.651. The van der Waals surface area contributed by atoms with E-state index in [2.05, 4.69) is 26.2 Å². The molecule has 1 rings (SSSR count). The molecule has 1 saturated carbocycles. The van der Waals surface area contributed by atoms with Crippen LogP contribution in [0.1, 0.15) is 26.2 Å². The molecular weight excluding hydrogens is 132 g/mol. The average Bonchev–Trinajstić information content (AvgIpc) is 2.82. The quantitative estimate of drug-likeness (QED) is 0.527. The average molecular weight is 150 g/mol. The fraction of sp³-hybridized carbons (Fsp3) is 0.636. The van der Waals surface area contributed by atoms with Crippen molar-refractivity contribution in [1.29, 1.82) is 0 Å². The Hall–Kier alpha value is -0.520. The number of hydrogen-bond acceptors (Lipinski definition) is 0. The highest BCUT2D eigenvalue weighted by molar-refractivity contribution is 4.94.